The summed E-state index contributed by atoms with van der Waals surface area (Å²) in [5.41, 5.74) is 2.18. The molecule has 3 rings (SSSR count). The average Bonchev–Trinajstić information content (AvgIpc) is 2.93. The van der Waals surface area contributed by atoms with Crippen LogP contribution in [0.1, 0.15) is 55.8 Å². The van der Waals surface area contributed by atoms with E-state index in [-0.39, 0.29) is 42.0 Å². The number of sulfonamides is 1. The summed E-state index contributed by atoms with van der Waals surface area (Å²) in [5.74, 6) is -0.903. The fourth-order valence-electron chi connectivity index (χ4n) is 4.21. The van der Waals surface area contributed by atoms with Crippen molar-refractivity contribution in [3.8, 4) is 0 Å². The number of nitrogens with one attached hydrogen (secondary N) is 2. The lowest BCUT2D eigenvalue weighted by Crippen LogP contribution is -2.43. The summed E-state index contributed by atoms with van der Waals surface area (Å²) in [6, 6.07) is 20.6. The summed E-state index contributed by atoms with van der Waals surface area (Å²) in [4.78, 5) is 28.8. The van der Waals surface area contributed by atoms with Crippen molar-refractivity contribution in [3.05, 3.63) is 101 Å². The first-order valence-electron chi connectivity index (χ1n) is 13.2. The zero-order valence-corrected chi connectivity index (χ0v) is 23.2. The Morgan fingerprint density at radius 1 is 0.897 bits per heavy atom. The molecule has 0 bridgehead atoms. The molecule has 0 aromatic heterocycles. The SMILES string of the molecule is CCCCNC(=O)C(c1ccccc1)N(Cc1ccc(F)cc1)C(=O)CCc1ccc(S(=O)(=O)NCC)cc1. The highest BCUT2D eigenvalue weighted by molar-refractivity contribution is 7.89. The number of benzene rings is 3. The second-order valence-electron chi connectivity index (χ2n) is 9.25. The largest absolute Gasteiger partial charge is 0.354 e. The Morgan fingerprint density at radius 3 is 2.15 bits per heavy atom. The summed E-state index contributed by atoms with van der Waals surface area (Å²) < 4.78 is 40.5. The molecule has 0 fully saturated rings. The minimum atomic E-state index is -3.57. The highest BCUT2D eigenvalue weighted by atomic mass is 32.2. The lowest BCUT2D eigenvalue weighted by Gasteiger charge is -2.32. The Balaban J connectivity index is 1.87. The number of rotatable bonds is 14. The van der Waals surface area contributed by atoms with Gasteiger partial charge in [0.15, 0.2) is 0 Å². The fraction of sp³-hybridized carbons (Fsp3) is 0.333. The summed E-state index contributed by atoms with van der Waals surface area (Å²) in [6.45, 7) is 4.66. The van der Waals surface area contributed by atoms with Gasteiger partial charge in [-0.2, -0.15) is 0 Å². The molecule has 7 nitrogen and oxygen atoms in total. The molecule has 3 aromatic rings. The molecule has 9 heteroatoms. The molecule has 0 saturated carbocycles. The van der Waals surface area contributed by atoms with E-state index in [1.807, 2.05) is 37.3 Å². The monoisotopic (exact) mass is 553 g/mol. The molecule has 1 atom stereocenters. The fourth-order valence-corrected chi connectivity index (χ4v) is 5.25. The second-order valence-corrected chi connectivity index (χ2v) is 11.0. The van der Waals surface area contributed by atoms with E-state index in [4.69, 9.17) is 0 Å². The molecule has 3 aromatic carbocycles. The van der Waals surface area contributed by atoms with Gasteiger partial charge >= 0.3 is 0 Å². The number of carbonyl (C=O) groups excluding carboxylic acids is 2. The van der Waals surface area contributed by atoms with Crippen LogP contribution >= 0.6 is 0 Å². The molecule has 1 unspecified atom stereocenters. The van der Waals surface area contributed by atoms with Crippen LogP contribution < -0.4 is 10.0 Å². The van der Waals surface area contributed by atoms with E-state index in [1.54, 1.807) is 31.2 Å². The Kier molecular flexibility index (Phi) is 11.2. The number of unbranched alkanes of at least 4 members (excludes halogenated alkanes) is 1. The van der Waals surface area contributed by atoms with Crippen molar-refractivity contribution in [2.24, 2.45) is 0 Å². The van der Waals surface area contributed by atoms with Crippen LogP contribution in [0.4, 0.5) is 4.39 Å². The van der Waals surface area contributed by atoms with Crippen LogP contribution in [0.5, 0.6) is 0 Å². The molecule has 0 radical (unpaired) electrons. The van der Waals surface area contributed by atoms with Crippen LogP contribution in [0.2, 0.25) is 0 Å². The Hall–Kier alpha value is -3.56. The first-order chi connectivity index (χ1) is 18.7. The Morgan fingerprint density at radius 2 is 1.54 bits per heavy atom. The third-order valence-corrected chi connectivity index (χ3v) is 7.85. The van der Waals surface area contributed by atoms with Gasteiger partial charge in [-0.3, -0.25) is 9.59 Å². The van der Waals surface area contributed by atoms with E-state index in [9.17, 15) is 22.4 Å². The minimum Gasteiger partial charge on any atom is -0.354 e. The van der Waals surface area contributed by atoms with Crippen LogP contribution in [-0.2, 0) is 32.6 Å². The number of amides is 2. The molecule has 2 N–H and O–H groups in total. The van der Waals surface area contributed by atoms with E-state index in [0.29, 0.717) is 24.1 Å². The number of carbonyl (C=O) groups is 2. The summed E-state index contributed by atoms with van der Waals surface area (Å²) in [7, 11) is -3.57. The molecule has 0 saturated heterocycles. The second kappa shape index (κ2) is 14.6. The quantitative estimate of drug-likeness (QED) is 0.282. The van der Waals surface area contributed by atoms with Crippen molar-refractivity contribution < 1.29 is 22.4 Å². The van der Waals surface area contributed by atoms with Crippen molar-refractivity contribution in [2.45, 2.75) is 57.0 Å². The van der Waals surface area contributed by atoms with Crippen molar-refractivity contribution in [1.29, 1.82) is 0 Å². The highest BCUT2D eigenvalue weighted by Gasteiger charge is 2.31. The summed E-state index contributed by atoms with van der Waals surface area (Å²) >= 11 is 0. The van der Waals surface area contributed by atoms with E-state index >= 15 is 0 Å². The average molecular weight is 554 g/mol. The van der Waals surface area contributed by atoms with E-state index in [0.717, 1.165) is 18.4 Å². The zero-order valence-electron chi connectivity index (χ0n) is 22.4. The van der Waals surface area contributed by atoms with Crippen LogP contribution in [-0.4, -0.2) is 38.2 Å². The van der Waals surface area contributed by atoms with Gasteiger partial charge in [-0.05, 0) is 53.8 Å². The number of halogens is 1. The van der Waals surface area contributed by atoms with Gasteiger partial charge < -0.3 is 10.2 Å². The molecule has 208 valence electrons. The predicted octanol–water partition coefficient (Wildman–Crippen LogP) is 4.74. The first kappa shape index (κ1) is 30.0. The molecule has 39 heavy (non-hydrogen) atoms. The Labute approximate surface area is 230 Å². The van der Waals surface area contributed by atoms with Crippen molar-refractivity contribution in [3.63, 3.8) is 0 Å². The molecule has 0 heterocycles. The predicted molar refractivity (Wildman–Crippen MR) is 150 cm³/mol. The Bertz CT molecular complexity index is 1310. The zero-order chi connectivity index (χ0) is 28.3. The maximum absolute atomic E-state index is 13.7. The standard InChI is InChI=1S/C30H36FN3O4S/c1-3-5-21-32-30(36)29(25-9-7-6-8-10-25)34(22-24-11-16-26(31)17-12-24)28(35)20-15-23-13-18-27(19-14-23)39(37,38)33-4-2/h6-14,16-19,29,33H,3-5,15,20-22H2,1-2H3,(H,32,36). The molecular formula is C30H36FN3O4S. The van der Waals surface area contributed by atoms with Crippen LogP contribution in [0.15, 0.2) is 83.8 Å². The lowest BCUT2D eigenvalue weighted by atomic mass is 10.0. The lowest BCUT2D eigenvalue weighted by molar-refractivity contribution is -0.141. The normalized spacial score (nSPS) is 12.1. The van der Waals surface area contributed by atoms with Gasteiger partial charge in [0.2, 0.25) is 21.8 Å². The number of aryl methyl sites for hydroxylation is 1. The third kappa shape index (κ3) is 8.73. The molecule has 2 amide bonds. The molecule has 0 aliphatic carbocycles. The minimum absolute atomic E-state index is 0.103. The van der Waals surface area contributed by atoms with E-state index in [1.165, 1.54) is 29.2 Å². The van der Waals surface area contributed by atoms with Crippen LogP contribution in [0, 0.1) is 5.82 Å². The van der Waals surface area contributed by atoms with Crippen molar-refractivity contribution in [1.82, 2.24) is 14.9 Å². The number of hydrogen-bond donors (Lipinski definition) is 2. The number of hydrogen-bond acceptors (Lipinski definition) is 4. The highest BCUT2D eigenvalue weighted by Crippen LogP contribution is 2.25. The van der Waals surface area contributed by atoms with E-state index in [2.05, 4.69) is 10.0 Å². The van der Waals surface area contributed by atoms with Crippen molar-refractivity contribution in [2.75, 3.05) is 13.1 Å². The molecule has 0 aliphatic rings. The first-order valence-corrected chi connectivity index (χ1v) is 14.7. The summed E-state index contributed by atoms with van der Waals surface area (Å²) in [5, 5.41) is 2.96. The molecular weight excluding hydrogens is 517 g/mol. The number of nitrogens with zero attached hydrogens (tertiary/aromatic N) is 1. The topological polar surface area (TPSA) is 95.6 Å². The summed E-state index contributed by atoms with van der Waals surface area (Å²) in [6.07, 6.45) is 2.20. The van der Waals surface area contributed by atoms with Crippen LogP contribution in [0.3, 0.4) is 0 Å². The van der Waals surface area contributed by atoms with Gasteiger partial charge in [0, 0.05) is 26.1 Å². The van der Waals surface area contributed by atoms with Crippen molar-refractivity contribution >= 4 is 21.8 Å². The maximum atomic E-state index is 13.7. The molecule has 0 aliphatic heterocycles. The third-order valence-electron chi connectivity index (χ3n) is 6.29. The van der Waals surface area contributed by atoms with Gasteiger partial charge in [-0.1, -0.05) is 74.9 Å². The molecule has 0 spiro atoms. The van der Waals surface area contributed by atoms with Gasteiger partial charge in [-0.25, -0.2) is 17.5 Å². The van der Waals surface area contributed by atoms with Gasteiger partial charge in [0.05, 0.1) is 4.90 Å². The van der Waals surface area contributed by atoms with Gasteiger partial charge in [0.1, 0.15) is 11.9 Å². The van der Waals surface area contributed by atoms with Gasteiger partial charge in [-0.15, -0.1) is 0 Å². The smallest absolute Gasteiger partial charge is 0.247 e. The van der Waals surface area contributed by atoms with E-state index < -0.39 is 16.1 Å². The maximum Gasteiger partial charge on any atom is 0.247 e. The van der Waals surface area contributed by atoms with Crippen LogP contribution in [0.25, 0.3) is 0 Å². The van der Waals surface area contributed by atoms with Gasteiger partial charge in [0.25, 0.3) is 0 Å².